The Morgan fingerprint density at radius 1 is 1.13 bits per heavy atom. The minimum atomic E-state index is -0.0516. The normalized spacial score (nSPS) is 14.7. The number of rotatable bonds is 4. The summed E-state index contributed by atoms with van der Waals surface area (Å²) in [6, 6.07) is 15.0. The summed E-state index contributed by atoms with van der Waals surface area (Å²) < 4.78 is 0.978. The van der Waals surface area contributed by atoms with E-state index in [-0.39, 0.29) is 11.7 Å². The van der Waals surface area contributed by atoms with E-state index in [0.29, 0.717) is 12.0 Å². The number of halogens is 1. The summed E-state index contributed by atoms with van der Waals surface area (Å²) in [7, 11) is 0. The van der Waals surface area contributed by atoms with E-state index in [1.165, 1.54) is 0 Å². The smallest absolute Gasteiger partial charge is 0.227 e. The van der Waals surface area contributed by atoms with E-state index in [0.717, 1.165) is 28.7 Å². The number of benzene rings is 2. The second-order valence-corrected chi connectivity index (χ2v) is 6.36. The van der Waals surface area contributed by atoms with Crippen LogP contribution >= 0.6 is 15.9 Å². The van der Waals surface area contributed by atoms with E-state index in [9.17, 15) is 9.59 Å². The number of anilines is 1. The molecule has 23 heavy (non-hydrogen) atoms. The number of hydrogen-bond donors (Lipinski definition) is 0. The average molecular weight is 370 g/mol. The quantitative estimate of drug-likeness (QED) is 0.588. The number of hydrogen-bond acceptors (Lipinski definition) is 2. The summed E-state index contributed by atoms with van der Waals surface area (Å²) in [6.45, 7) is 0.759. The Morgan fingerprint density at radius 3 is 2.57 bits per heavy atom. The van der Waals surface area contributed by atoms with Crippen LogP contribution in [0, 0.1) is 0 Å². The minimum absolute atomic E-state index is 0.0516. The van der Waals surface area contributed by atoms with E-state index in [4.69, 9.17) is 0 Å². The molecule has 0 spiro atoms. The predicted octanol–water partition coefficient (Wildman–Crippen LogP) is 4.47. The van der Waals surface area contributed by atoms with Crippen molar-refractivity contribution in [1.29, 1.82) is 0 Å². The Labute approximate surface area is 143 Å². The Hall–Kier alpha value is -2.20. The van der Waals surface area contributed by atoms with Gasteiger partial charge in [-0.25, -0.2) is 0 Å². The van der Waals surface area contributed by atoms with Gasteiger partial charge in [0.2, 0.25) is 5.91 Å². The van der Waals surface area contributed by atoms with Crippen LogP contribution in [0.25, 0.3) is 6.08 Å². The van der Waals surface area contributed by atoms with Gasteiger partial charge in [-0.05, 0) is 54.5 Å². The third kappa shape index (κ3) is 3.77. The van der Waals surface area contributed by atoms with Gasteiger partial charge in [0.25, 0.3) is 0 Å². The zero-order chi connectivity index (χ0) is 16.2. The van der Waals surface area contributed by atoms with Gasteiger partial charge in [-0.1, -0.05) is 34.1 Å². The highest BCUT2D eigenvalue weighted by Gasteiger charge is 2.21. The fourth-order valence-electron chi connectivity index (χ4n) is 2.61. The third-order valence-electron chi connectivity index (χ3n) is 3.81. The minimum Gasteiger partial charge on any atom is -0.312 e. The number of carbonyl (C=O) groups is 2. The topological polar surface area (TPSA) is 37.4 Å². The van der Waals surface area contributed by atoms with Crippen molar-refractivity contribution in [2.24, 2.45) is 0 Å². The third-order valence-corrected chi connectivity index (χ3v) is 4.31. The zero-order valence-corrected chi connectivity index (χ0v) is 14.1. The molecule has 3 rings (SSSR count). The van der Waals surface area contributed by atoms with Crippen molar-refractivity contribution in [3.63, 3.8) is 0 Å². The molecule has 1 heterocycles. The lowest BCUT2D eigenvalue weighted by Gasteiger charge is -2.15. The first-order valence-corrected chi connectivity index (χ1v) is 8.31. The molecule has 2 aromatic rings. The van der Waals surface area contributed by atoms with Crippen molar-refractivity contribution < 1.29 is 9.59 Å². The zero-order valence-electron chi connectivity index (χ0n) is 12.5. The van der Waals surface area contributed by atoms with Crippen LogP contribution in [0.4, 0.5) is 5.69 Å². The second kappa shape index (κ2) is 6.92. The maximum absolute atomic E-state index is 12.2. The van der Waals surface area contributed by atoms with Crippen LogP contribution in [0.5, 0.6) is 0 Å². The molecular weight excluding hydrogens is 354 g/mol. The molecule has 0 radical (unpaired) electrons. The lowest BCUT2D eigenvalue weighted by atomic mass is 10.1. The predicted molar refractivity (Wildman–Crippen MR) is 95.5 cm³/mol. The molecule has 1 fully saturated rings. The molecule has 1 aliphatic heterocycles. The Balaban J connectivity index is 1.71. The molecule has 1 amide bonds. The van der Waals surface area contributed by atoms with Gasteiger partial charge < -0.3 is 4.90 Å². The van der Waals surface area contributed by atoms with Crippen molar-refractivity contribution >= 4 is 39.4 Å². The molecule has 2 aromatic carbocycles. The van der Waals surface area contributed by atoms with E-state index >= 15 is 0 Å². The van der Waals surface area contributed by atoms with Crippen LogP contribution in [0.2, 0.25) is 0 Å². The van der Waals surface area contributed by atoms with Gasteiger partial charge in [0, 0.05) is 28.7 Å². The monoisotopic (exact) mass is 369 g/mol. The van der Waals surface area contributed by atoms with Crippen LogP contribution in [-0.4, -0.2) is 18.2 Å². The van der Waals surface area contributed by atoms with E-state index in [1.807, 2.05) is 36.4 Å². The van der Waals surface area contributed by atoms with Crippen molar-refractivity contribution in [2.45, 2.75) is 12.8 Å². The first kappa shape index (κ1) is 15.7. The standard InChI is InChI=1S/C19H16BrNO2/c20-16-4-1-3-14(13-16)6-11-18(22)15-7-9-17(10-8-15)21-12-2-5-19(21)23/h1,3-4,6-11,13H,2,5,12H2/b11-6+. The van der Waals surface area contributed by atoms with Crippen LogP contribution < -0.4 is 4.90 Å². The van der Waals surface area contributed by atoms with Gasteiger partial charge >= 0.3 is 0 Å². The molecule has 0 aliphatic carbocycles. The summed E-state index contributed by atoms with van der Waals surface area (Å²) in [5.74, 6) is 0.0999. The molecule has 1 saturated heterocycles. The second-order valence-electron chi connectivity index (χ2n) is 5.45. The number of ketones is 1. The van der Waals surface area contributed by atoms with E-state index in [1.54, 1.807) is 29.2 Å². The Bertz CT molecular complexity index is 765. The fourth-order valence-corrected chi connectivity index (χ4v) is 3.02. The SMILES string of the molecule is O=C(/C=C/c1cccc(Br)c1)c1ccc(N2CCCC2=O)cc1. The maximum atomic E-state index is 12.2. The Morgan fingerprint density at radius 2 is 1.91 bits per heavy atom. The Kier molecular flexibility index (Phi) is 4.72. The summed E-state index contributed by atoms with van der Waals surface area (Å²) in [6.07, 6.45) is 4.87. The van der Waals surface area contributed by atoms with Gasteiger partial charge in [-0.3, -0.25) is 9.59 Å². The first-order chi connectivity index (χ1) is 11.1. The molecular formula is C19H16BrNO2. The van der Waals surface area contributed by atoms with Gasteiger partial charge in [-0.15, -0.1) is 0 Å². The molecule has 0 aromatic heterocycles. The van der Waals surface area contributed by atoms with Crippen LogP contribution in [0.3, 0.4) is 0 Å². The van der Waals surface area contributed by atoms with Crippen LogP contribution in [0.1, 0.15) is 28.8 Å². The first-order valence-electron chi connectivity index (χ1n) is 7.52. The van der Waals surface area contributed by atoms with E-state index in [2.05, 4.69) is 15.9 Å². The van der Waals surface area contributed by atoms with Gasteiger partial charge in [-0.2, -0.15) is 0 Å². The highest BCUT2D eigenvalue weighted by Crippen LogP contribution is 2.22. The molecule has 3 nitrogen and oxygen atoms in total. The summed E-state index contributed by atoms with van der Waals surface area (Å²) in [4.78, 5) is 25.7. The number of allylic oxidation sites excluding steroid dienone is 1. The van der Waals surface area contributed by atoms with E-state index < -0.39 is 0 Å². The largest absolute Gasteiger partial charge is 0.312 e. The van der Waals surface area contributed by atoms with Gasteiger partial charge in [0.1, 0.15) is 0 Å². The average Bonchev–Trinajstić information content (AvgIpc) is 2.99. The molecule has 1 aliphatic rings. The lowest BCUT2D eigenvalue weighted by Crippen LogP contribution is -2.23. The molecule has 0 bridgehead atoms. The molecule has 4 heteroatoms. The highest BCUT2D eigenvalue weighted by atomic mass is 79.9. The molecule has 0 saturated carbocycles. The van der Waals surface area contributed by atoms with Crippen LogP contribution in [-0.2, 0) is 4.79 Å². The maximum Gasteiger partial charge on any atom is 0.227 e. The fraction of sp³-hybridized carbons (Fsp3) is 0.158. The summed E-state index contributed by atoms with van der Waals surface area (Å²) >= 11 is 3.41. The van der Waals surface area contributed by atoms with Crippen molar-refractivity contribution in [1.82, 2.24) is 0 Å². The van der Waals surface area contributed by atoms with Crippen molar-refractivity contribution in [3.05, 3.63) is 70.2 Å². The molecule has 0 unspecified atom stereocenters. The van der Waals surface area contributed by atoms with Gasteiger partial charge in [0.15, 0.2) is 5.78 Å². The number of carbonyl (C=O) groups excluding carboxylic acids is 2. The lowest BCUT2D eigenvalue weighted by molar-refractivity contribution is -0.117. The molecule has 116 valence electrons. The van der Waals surface area contributed by atoms with Crippen LogP contribution in [0.15, 0.2) is 59.1 Å². The highest BCUT2D eigenvalue weighted by molar-refractivity contribution is 9.10. The van der Waals surface area contributed by atoms with Crippen molar-refractivity contribution in [3.8, 4) is 0 Å². The number of amides is 1. The molecule has 0 N–H and O–H groups in total. The van der Waals surface area contributed by atoms with Gasteiger partial charge in [0.05, 0.1) is 0 Å². The summed E-state index contributed by atoms with van der Waals surface area (Å²) in [5, 5.41) is 0. The summed E-state index contributed by atoms with van der Waals surface area (Å²) in [5.41, 5.74) is 2.44. The molecule has 0 atom stereocenters. The number of nitrogens with zero attached hydrogens (tertiary/aromatic N) is 1. The van der Waals surface area contributed by atoms with Crippen molar-refractivity contribution in [2.75, 3.05) is 11.4 Å².